The molecule has 338 valence electrons. The first-order valence-electron chi connectivity index (χ1n) is 22.1. The van der Waals surface area contributed by atoms with Gasteiger partial charge < -0.3 is 49.3 Å². The summed E-state index contributed by atoms with van der Waals surface area (Å²) in [5.41, 5.74) is 7.09. The molecular formula is C49H54N8O8. The number of hydrogen-bond acceptors (Lipinski definition) is 10. The number of carbonyl (C=O) groups excluding carboxylic acids is 4. The Morgan fingerprint density at radius 3 is 2.40 bits per heavy atom. The molecule has 0 saturated carbocycles. The van der Waals surface area contributed by atoms with E-state index in [1.54, 1.807) is 18.2 Å². The molecule has 5 heterocycles. The van der Waals surface area contributed by atoms with E-state index in [9.17, 15) is 19.2 Å². The summed E-state index contributed by atoms with van der Waals surface area (Å²) in [5, 5.41) is 7.42. The summed E-state index contributed by atoms with van der Waals surface area (Å²) >= 11 is 0. The van der Waals surface area contributed by atoms with Crippen LogP contribution in [0.4, 0.5) is 9.59 Å². The molecule has 2 saturated heterocycles. The van der Waals surface area contributed by atoms with Gasteiger partial charge in [-0.1, -0.05) is 62.4 Å². The van der Waals surface area contributed by atoms with Crippen molar-refractivity contribution < 1.29 is 38.1 Å². The van der Waals surface area contributed by atoms with Crippen LogP contribution < -0.4 is 15.4 Å². The molecule has 0 spiro atoms. The number of likely N-dealkylation sites (tertiary alicyclic amines) is 2. The summed E-state index contributed by atoms with van der Waals surface area (Å²) in [6.07, 6.45) is 2.64. The molecule has 16 heteroatoms. The molecule has 0 bridgehead atoms. The molecule has 4 amide bonds. The Bertz CT molecular complexity index is 2770. The predicted molar refractivity (Wildman–Crippen MR) is 243 cm³/mol. The lowest BCUT2D eigenvalue weighted by Gasteiger charge is -2.32. The Morgan fingerprint density at radius 2 is 1.65 bits per heavy atom. The van der Waals surface area contributed by atoms with Crippen molar-refractivity contribution in [2.45, 2.75) is 76.8 Å². The number of H-pyrrole nitrogens is 2. The number of aromatic nitrogens is 4. The average molecular weight is 883 g/mol. The third-order valence-electron chi connectivity index (χ3n) is 13.1. The lowest BCUT2D eigenvalue weighted by atomic mass is 9.92. The minimum atomic E-state index is -0.948. The van der Waals surface area contributed by atoms with Crippen molar-refractivity contribution in [1.29, 1.82) is 0 Å². The molecule has 2 aromatic heterocycles. The molecule has 6 aromatic rings. The van der Waals surface area contributed by atoms with E-state index in [1.165, 1.54) is 14.2 Å². The summed E-state index contributed by atoms with van der Waals surface area (Å²) in [5.74, 6) is 1.61. The van der Waals surface area contributed by atoms with E-state index < -0.39 is 24.3 Å². The maximum absolute atomic E-state index is 14.3. The van der Waals surface area contributed by atoms with Gasteiger partial charge in [-0.25, -0.2) is 19.6 Å². The second-order valence-electron chi connectivity index (χ2n) is 17.6. The number of ether oxygens (including phenoxy) is 4. The van der Waals surface area contributed by atoms with Crippen LogP contribution in [0.5, 0.6) is 5.75 Å². The lowest BCUT2D eigenvalue weighted by Crippen LogP contribution is -2.52. The third-order valence-corrected chi connectivity index (χ3v) is 13.1. The number of hydrogen-bond donors (Lipinski definition) is 4. The monoisotopic (exact) mass is 882 g/mol. The van der Waals surface area contributed by atoms with Crippen molar-refractivity contribution in [3.8, 4) is 28.1 Å². The zero-order chi connectivity index (χ0) is 45.5. The van der Waals surface area contributed by atoms with Gasteiger partial charge in [-0.15, -0.1) is 0 Å². The van der Waals surface area contributed by atoms with Crippen LogP contribution in [0, 0.1) is 11.8 Å². The topological polar surface area (TPSA) is 193 Å². The standard InChI is InChI=1S/C49H54N8O8/c1-26(2)41(54-48(60)63-5)47(59)57-27(3)12-17-38(57)45-51-36-16-14-30-20-35-33-15-13-31(19-32(33)25-65-40(35)21-34(30)43(36)53-45)37-22-50-44(52-37)39-18-28(24-62-4)23-56(39)46(58)42(55-49(61)64-6)29-10-8-7-9-11-29/h7-11,13-16,19-22,26-28,38-39,41-42H,12,17-18,23-25H2,1-6H3,(H,50,52)(H,51,53)(H,54,60)(H,55,61)/t27-,28+,38-,39+,41-,42+/m0/s1. The first-order valence-corrected chi connectivity index (χ1v) is 22.1. The molecule has 0 radical (unpaired) electrons. The van der Waals surface area contributed by atoms with Crippen LogP contribution in [0.2, 0.25) is 0 Å². The van der Waals surface area contributed by atoms with Gasteiger partial charge in [0, 0.05) is 36.6 Å². The van der Waals surface area contributed by atoms with E-state index in [-0.39, 0.29) is 41.8 Å². The zero-order valence-corrected chi connectivity index (χ0v) is 37.3. The number of nitrogens with one attached hydrogen (secondary N) is 4. The molecule has 0 aliphatic carbocycles. The molecule has 16 nitrogen and oxygen atoms in total. The number of nitrogens with zero attached hydrogens (tertiary/aromatic N) is 4. The fourth-order valence-electron chi connectivity index (χ4n) is 9.83. The second-order valence-corrected chi connectivity index (χ2v) is 17.6. The van der Waals surface area contributed by atoms with Gasteiger partial charge in [-0.05, 0) is 84.0 Å². The Labute approximate surface area is 376 Å². The van der Waals surface area contributed by atoms with Gasteiger partial charge in [-0.2, -0.15) is 0 Å². The number of alkyl carbamates (subject to hydrolysis) is 2. The van der Waals surface area contributed by atoms with Crippen molar-refractivity contribution in [2.75, 3.05) is 34.5 Å². The van der Waals surface area contributed by atoms with E-state index in [0.717, 1.165) is 68.3 Å². The molecule has 6 atom stereocenters. The molecule has 9 rings (SSSR count). The fraction of sp³-hybridized carbons (Fsp3) is 0.388. The molecule has 2 fully saturated rings. The van der Waals surface area contributed by atoms with Crippen LogP contribution >= 0.6 is 0 Å². The maximum atomic E-state index is 14.3. The van der Waals surface area contributed by atoms with Crippen LogP contribution in [0.25, 0.3) is 44.2 Å². The van der Waals surface area contributed by atoms with Crippen LogP contribution in [0.3, 0.4) is 0 Å². The predicted octanol–water partition coefficient (Wildman–Crippen LogP) is 7.73. The minimum Gasteiger partial charge on any atom is -0.488 e. The number of fused-ring (bicyclic) bond motifs is 6. The highest BCUT2D eigenvalue weighted by atomic mass is 16.5. The molecule has 4 N–H and O–H groups in total. The van der Waals surface area contributed by atoms with Gasteiger partial charge in [0.1, 0.15) is 36.1 Å². The van der Waals surface area contributed by atoms with Gasteiger partial charge in [0.05, 0.1) is 55.8 Å². The normalized spacial score (nSPS) is 20.0. The largest absolute Gasteiger partial charge is 0.488 e. The molecule has 3 aliphatic rings. The molecule has 4 aromatic carbocycles. The number of benzene rings is 4. The van der Waals surface area contributed by atoms with Gasteiger partial charge >= 0.3 is 12.2 Å². The van der Waals surface area contributed by atoms with E-state index in [4.69, 9.17) is 28.9 Å². The van der Waals surface area contributed by atoms with Crippen LogP contribution in [0.15, 0.2) is 79.0 Å². The second kappa shape index (κ2) is 17.9. The van der Waals surface area contributed by atoms with Crippen molar-refractivity contribution in [3.63, 3.8) is 0 Å². The van der Waals surface area contributed by atoms with E-state index in [1.807, 2.05) is 62.1 Å². The van der Waals surface area contributed by atoms with Crippen LogP contribution in [0.1, 0.15) is 80.9 Å². The van der Waals surface area contributed by atoms with E-state index in [0.29, 0.717) is 43.4 Å². The quantitative estimate of drug-likeness (QED) is 0.100. The van der Waals surface area contributed by atoms with E-state index >= 15 is 0 Å². The van der Waals surface area contributed by atoms with Gasteiger partial charge in [0.25, 0.3) is 5.91 Å². The molecular weight excluding hydrogens is 829 g/mol. The Kier molecular flexibility index (Phi) is 11.9. The molecule has 65 heavy (non-hydrogen) atoms. The minimum absolute atomic E-state index is 0.0342. The van der Waals surface area contributed by atoms with E-state index in [2.05, 4.69) is 57.0 Å². The summed E-state index contributed by atoms with van der Waals surface area (Å²) in [6.45, 7) is 7.11. The van der Waals surface area contributed by atoms with Crippen molar-refractivity contribution >= 4 is 45.8 Å². The summed E-state index contributed by atoms with van der Waals surface area (Å²) in [4.78, 5) is 73.5. The number of carbonyl (C=O) groups is 4. The Morgan fingerprint density at radius 1 is 0.862 bits per heavy atom. The number of imidazole rings is 2. The highest BCUT2D eigenvalue weighted by molar-refractivity contribution is 6.07. The summed E-state index contributed by atoms with van der Waals surface area (Å²) in [6, 6.07) is 21.3. The summed E-state index contributed by atoms with van der Waals surface area (Å²) in [7, 11) is 4.22. The number of amides is 4. The number of methoxy groups -OCH3 is 3. The Balaban J connectivity index is 0.974. The van der Waals surface area contributed by atoms with Gasteiger partial charge in [-0.3, -0.25) is 9.59 Å². The first kappa shape index (κ1) is 43.3. The third kappa shape index (κ3) is 8.22. The SMILES string of the molecule is COC[C@@H]1C[C@H](c2ncc(-c3ccc4c(c3)COc3cc5c(ccc6[nH]c([C@@H]7CC[C@H](C)N7C(=O)[C@@H](NC(=O)OC)C(C)C)nc65)cc3-4)[nH]2)N(C(=O)[C@H](NC(=O)OC)c2ccccc2)C1. The smallest absolute Gasteiger partial charge is 0.407 e. The lowest BCUT2D eigenvalue weighted by molar-refractivity contribution is -0.137. The Hall–Kier alpha value is -6.94. The molecule has 0 unspecified atom stereocenters. The van der Waals surface area contributed by atoms with Crippen molar-refractivity contribution in [3.05, 3.63) is 102 Å². The molecule has 3 aliphatic heterocycles. The first-order chi connectivity index (χ1) is 31.5. The highest BCUT2D eigenvalue weighted by Crippen LogP contribution is 2.44. The maximum Gasteiger partial charge on any atom is 0.407 e. The summed E-state index contributed by atoms with van der Waals surface area (Å²) < 4.78 is 21.7. The van der Waals surface area contributed by atoms with Crippen molar-refractivity contribution in [1.82, 2.24) is 40.4 Å². The van der Waals surface area contributed by atoms with Crippen molar-refractivity contribution in [2.24, 2.45) is 11.8 Å². The highest BCUT2D eigenvalue weighted by Gasteiger charge is 2.43. The van der Waals surface area contributed by atoms with Gasteiger partial charge in [0.15, 0.2) is 0 Å². The zero-order valence-electron chi connectivity index (χ0n) is 37.3. The fourth-order valence-corrected chi connectivity index (χ4v) is 9.83. The van der Waals surface area contributed by atoms with Gasteiger partial charge in [0.2, 0.25) is 5.91 Å². The number of aromatic amines is 2. The van der Waals surface area contributed by atoms with Crippen LogP contribution in [-0.2, 0) is 30.4 Å². The average Bonchev–Trinajstić information content (AvgIpc) is 4.15. The number of rotatable bonds is 11. The van der Waals surface area contributed by atoms with Crippen LogP contribution in [-0.4, -0.2) is 100 Å².